The van der Waals surface area contributed by atoms with Crippen molar-refractivity contribution in [2.75, 3.05) is 13.1 Å². The summed E-state index contributed by atoms with van der Waals surface area (Å²) < 4.78 is 10.3. The summed E-state index contributed by atoms with van der Waals surface area (Å²) in [5.74, 6) is 2.04. The Morgan fingerprint density at radius 1 is 1.33 bits per heavy atom. The Labute approximate surface area is 140 Å². The van der Waals surface area contributed by atoms with Crippen molar-refractivity contribution in [3.63, 3.8) is 0 Å². The molecule has 0 aromatic carbocycles. The summed E-state index contributed by atoms with van der Waals surface area (Å²) in [5, 5.41) is 10.9. The number of aromatic nitrogens is 3. The van der Waals surface area contributed by atoms with E-state index in [9.17, 15) is 4.79 Å². The minimum atomic E-state index is -0.0268. The zero-order chi connectivity index (χ0) is 17.1. The fraction of sp³-hybridized carbons (Fsp3) is 0.625. The highest BCUT2D eigenvalue weighted by Crippen LogP contribution is 2.29. The monoisotopic (exact) mass is 333 g/mol. The molecule has 0 aliphatic carbocycles. The minimum Gasteiger partial charge on any atom is -0.361 e. The molecule has 0 bridgehead atoms. The van der Waals surface area contributed by atoms with Crippen LogP contribution in [0.1, 0.15) is 54.5 Å². The minimum absolute atomic E-state index is 0.0268. The van der Waals surface area contributed by atoms with Crippen molar-refractivity contribution in [3.05, 3.63) is 28.7 Å². The molecule has 2 aromatic heterocycles. The maximum absolute atomic E-state index is 12.3. The van der Waals surface area contributed by atoms with E-state index in [2.05, 4.69) is 25.5 Å². The Bertz CT molecular complexity index is 689. The molecule has 1 amide bonds. The topological polar surface area (TPSA) is 97.3 Å². The van der Waals surface area contributed by atoms with E-state index in [0.29, 0.717) is 24.8 Å². The molecule has 24 heavy (non-hydrogen) atoms. The number of hydrogen-bond acceptors (Lipinski definition) is 7. The van der Waals surface area contributed by atoms with Gasteiger partial charge >= 0.3 is 0 Å². The van der Waals surface area contributed by atoms with Gasteiger partial charge in [-0.15, -0.1) is 0 Å². The van der Waals surface area contributed by atoms with Crippen LogP contribution in [0.5, 0.6) is 0 Å². The van der Waals surface area contributed by atoms with Crippen LogP contribution in [-0.4, -0.2) is 39.2 Å². The SMILES string of the molecule is CCc1nc([C@H]2CCCN2CC(=O)NCc2c(C)noc2C)no1. The van der Waals surface area contributed by atoms with Crippen LogP contribution in [0, 0.1) is 13.8 Å². The highest BCUT2D eigenvalue weighted by molar-refractivity contribution is 5.78. The second-order valence-corrected chi connectivity index (χ2v) is 6.11. The van der Waals surface area contributed by atoms with Crippen molar-refractivity contribution < 1.29 is 13.8 Å². The van der Waals surface area contributed by atoms with Crippen LogP contribution in [0.4, 0.5) is 0 Å². The molecule has 1 fully saturated rings. The maximum Gasteiger partial charge on any atom is 0.234 e. The molecule has 1 saturated heterocycles. The fourth-order valence-electron chi connectivity index (χ4n) is 3.04. The average molecular weight is 333 g/mol. The predicted molar refractivity (Wildman–Crippen MR) is 85.0 cm³/mol. The van der Waals surface area contributed by atoms with E-state index in [0.717, 1.165) is 42.8 Å². The van der Waals surface area contributed by atoms with Crippen molar-refractivity contribution >= 4 is 5.91 Å². The van der Waals surface area contributed by atoms with Gasteiger partial charge in [0.05, 0.1) is 18.3 Å². The molecule has 0 spiro atoms. The summed E-state index contributed by atoms with van der Waals surface area (Å²) >= 11 is 0. The van der Waals surface area contributed by atoms with E-state index >= 15 is 0 Å². The average Bonchev–Trinajstić information content (AvgIpc) is 3.27. The van der Waals surface area contributed by atoms with E-state index < -0.39 is 0 Å². The zero-order valence-corrected chi connectivity index (χ0v) is 14.3. The molecule has 3 rings (SSSR count). The Balaban J connectivity index is 1.57. The van der Waals surface area contributed by atoms with E-state index in [4.69, 9.17) is 9.05 Å². The molecule has 1 aliphatic rings. The van der Waals surface area contributed by atoms with E-state index in [1.807, 2.05) is 20.8 Å². The highest BCUT2D eigenvalue weighted by Gasteiger charge is 2.31. The summed E-state index contributed by atoms with van der Waals surface area (Å²) in [5.41, 5.74) is 1.75. The Kier molecular flexibility index (Phi) is 4.94. The van der Waals surface area contributed by atoms with Crippen molar-refractivity contribution in [2.24, 2.45) is 0 Å². The molecule has 130 valence electrons. The summed E-state index contributed by atoms with van der Waals surface area (Å²) in [6.45, 7) is 7.31. The van der Waals surface area contributed by atoms with E-state index in [1.165, 1.54) is 0 Å². The predicted octanol–water partition coefficient (Wildman–Crippen LogP) is 1.69. The van der Waals surface area contributed by atoms with E-state index in [1.54, 1.807) is 0 Å². The lowest BCUT2D eigenvalue weighted by Gasteiger charge is -2.21. The summed E-state index contributed by atoms with van der Waals surface area (Å²) in [7, 11) is 0. The Morgan fingerprint density at radius 3 is 2.83 bits per heavy atom. The third kappa shape index (κ3) is 3.48. The van der Waals surface area contributed by atoms with Crippen LogP contribution in [-0.2, 0) is 17.8 Å². The number of aryl methyl sites for hydroxylation is 3. The highest BCUT2D eigenvalue weighted by atomic mass is 16.5. The molecule has 1 atom stereocenters. The first-order chi connectivity index (χ1) is 11.6. The molecule has 0 radical (unpaired) electrons. The smallest absolute Gasteiger partial charge is 0.234 e. The lowest BCUT2D eigenvalue weighted by atomic mass is 10.2. The first-order valence-corrected chi connectivity index (χ1v) is 8.33. The molecule has 1 aliphatic heterocycles. The first-order valence-electron chi connectivity index (χ1n) is 8.33. The van der Waals surface area contributed by atoms with Gasteiger partial charge in [0.25, 0.3) is 0 Å². The number of nitrogens with one attached hydrogen (secondary N) is 1. The van der Waals surface area contributed by atoms with Crippen molar-refractivity contribution in [3.8, 4) is 0 Å². The van der Waals surface area contributed by atoms with Gasteiger partial charge in [0.1, 0.15) is 5.76 Å². The number of carbonyl (C=O) groups is 1. The van der Waals surface area contributed by atoms with Gasteiger partial charge in [-0.2, -0.15) is 4.98 Å². The second kappa shape index (κ2) is 7.12. The van der Waals surface area contributed by atoms with Crippen LogP contribution >= 0.6 is 0 Å². The Hall–Kier alpha value is -2.22. The number of likely N-dealkylation sites (tertiary alicyclic amines) is 1. The molecule has 3 heterocycles. The third-order valence-corrected chi connectivity index (χ3v) is 4.44. The van der Waals surface area contributed by atoms with Gasteiger partial charge in [0, 0.05) is 18.5 Å². The number of rotatable bonds is 6. The molecule has 1 N–H and O–H groups in total. The number of amides is 1. The Morgan fingerprint density at radius 2 is 2.17 bits per heavy atom. The van der Waals surface area contributed by atoms with Gasteiger partial charge < -0.3 is 14.4 Å². The molecular weight excluding hydrogens is 310 g/mol. The quantitative estimate of drug-likeness (QED) is 0.859. The molecule has 8 nitrogen and oxygen atoms in total. The van der Waals surface area contributed by atoms with Gasteiger partial charge in [-0.1, -0.05) is 17.2 Å². The normalized spacial score (nSPS) is 18.2. The second-order valence-electron chi connectivity index (χ2n) is 6.11. The van der Waals surface area contributed by atoms with Crippen molar-refractivity contribution in [1.29, 1.82) is 0 Å². The third-order valence-electron chi connectivity index (χ3n) is 4.44. The van der Waals surface area contributed by atoms with Gasteiger partial charge in [-0.3, -0.25) is 9.69 Å². The van der Waals surface area contributed by atoms with Crippen LogP contribution in [0.15, 0.2) is 9.05 Å². The van der Waals surface area contributed by atoms with Gasteiger partial charge in [0.2, 0.25) is 11.8 Å². The van der Waals surface area contributed by atoms with Crippen LogP contribution < -0.4 is 5.32 Å². The first kappa shape index (κ1) is 16.6. The molecule has 0 saturated carbocycles. The standard InChI is InChI=1S/C16H23N5O3/c1-4-15-18-16(20-24-15)13-6-5-7-21(13)9-14(22)17-8-12-10(2)19-23-11(12)3/h13H,4-9H2,1-3H3,(H,17,22)/t13-/m1/s1. The fourth-order valence-corrected chi connectivity index (χ4v) is 3.04. The maximum atomic E-state index is 12.3. The number of hydrogen-bond donors (Lipinski definition) is 1. The molecule has 8 heteroatoms. The van der Waals surface area contributed by atoms with Crippen LogP contribution in [0.25, 0.3) is 0 Å². The molecule has 2 aromatic rings. The largest absolute Gasteiger partial charge is 0.361 e. The van der Waals surface area contributed by atoms with Crippen molar-refractivity contribution in [2.45, 2.75) is 52.6 Å². The van der Waals surface area contributed by atoms with Gasteiger partial charge in [-0.05, 0) is 33.2 Å². The summed E-state index contributed by atoms with van der Waals surface area (Å²) in [6.07, 6.45) is 2.69. The number of nitrogens with zero attached hydrogens (tertiary/aromatic N) is 4. The molecule has 0 unspecified atom stereocenters. The van der Waals surface area contributed by atoms with Crippen LogP contribution in [0.2, 0.25) is 0 Å². The van der Waals surface area contributed by atoms with Crippen LogP contribution in [0.3, 0.4) is 0 Å². The zero-order valence-electron chi connectivity index (χ0n) is 14.3. The van der Waals surface area contributed by atoms with E-state index in [-0.39, 0.29) is 11.9 Å². The van der Waals surface area contributed by atoms with Gasteiger partial charge in [-0.25, -0.2) is 0 Å². The van der Waals surface area contributed by atoms with Gasteiger partial charge in [0.15, 0.2) is 5.82 Å². The van der Waals surface area contributed by atoms with Crippen molar-refractivity contribution in [1.82, 2.24) is 25.5 Å². The summed E-state index contributed by atoms with van der Waals surface area (Å²) in [6, 6.07) is 0.0545. The number of carbonyl (C=O) groups excluding carboxylic acids is 1. The summed E-state index contributed by atoms with van der Waals surface area (Å²) in [4.78, 5) is 18.8. The molecular formula is C16H23N5O3. The lowest BCUT2D eigenvalue weighted by Crippen LogP contribution is -2.37. The lowest BCUT2D eigenvalue weighted by molar-refractivity contribution is -0.122.